The molecule has 162 valence electrons. The van der Waals surface area contributed by atoms with E-state index in [2.05, 4.69) is 0 Å². The second-order valence-corrected chi connectivity index (χ2v) is 7.59. The predicted molar refractivity (Wildman–Crippen MR) is 117 cm³/mol. The third-order valence-corrected chi connectivity index (χ3v) is 5.25. The van der Waals surface area contributed by atoms with Gasteiger partial charge in [0.25, 0.3) is 0 Å². The van der Waals surface area contributed by atoms with E-state index < -0.39 is 24.6 Å². The summed E-state index contributed by atoms with van der Waals surface area (Å²) in [6.07, 6.45) is -2.55. The van der Waals surface area contributed by atoms with Crippen LogP contribution in [0.5, 0.6) is 0 Å². The summed E-state index contributed by atoms with van der Waals surface area (Å²) in [5, 5.41) is 10.5. The standard InChI is InChI=1S/C26H28O5/c27-26-25(30-18-22-14-8-3-9-15-22)24(29-17-21-12-6-2-7-13-21)23(31-26)19-28-16-20-10-4-1-5-11-20/h1-15,23-27H,16-19H2/t23?,24-,25?,26+/m1/s1. The van der Waals surface area contributed by atoms with E-state index in [0.29, 0.717) is 26.4 Å². The van der Waals surface area contributed by atoms with E-state index in [1.54, 1.807) is 0 Å². The van der Waals surface area contributed by atoms with Gasteiger partial charge in [-0.2, -0.15) is 0 Å². The van der Waals surface area contributed by atoms with Gasteiger partial charge in [-0.3, -0.25) is 0 Å². The molecule has 3 aromatic carbocycles. The van der Waals surface area contributed by atoms with Crippen molar-refractivity contribution in [3.63, 3.8) is 0 Å². The maximum atomic E-state index is 10.5. The maximum absolute atomic E-state index is 10.5. The van der Waals surface area contributed by atoms with Crippen molar-refractivity contribution in [3.8, 4) is 0 Å². The minimum Gasteiger partial charge on any atom is -0.374 e. The van der Waals surface area contributed by atoms with Gasteiger partial charge in [0.15, 0.2) is 6.29 Å². The van der Waals surface area contributed by atoms with Gasteiger partial charge in [-0.15, -0.1) is 0 Å². The molecule has 1 N–H and O–H groups in total. The second kappa shape index (κ2) is 11.2. The van der Waals surface area contributed by atoms with Gasteiger partial charge in [-0.1, -0.05) is 91.0 Å². The van der Waals surface area contributed by atoms with Crippen LogP contribution in [0.3, 0.4) is 0 Å². The van der Waals surface area contributed by atoms with E-state index in [-0.39, 0.29) is 0 Å². The fraction of sp³-hybridized carbons (Fsp3) is 0.308. The first-order valence-electron chi connectivity index (χ1n) is 10.6. The van der Waals surface area contributed by atoms with E-state index in [1.165, 1.54) is 0 Å². The zero-order valence-electron chi connectivity index (χ0n) is 17.4. The highest BCUT2D eigenvalue weighted by molar-refractivity contribution is 5.15. The Labute approximate surface area is 183 Å². The van der Waals surface area contributed by atoms with E-state index in [9.17, 15) is 5.11 Å². The quantitative estimate of drug-likeness (QED) is 0.535. The van der Waals surface area contributed by atoms with Gasteiger partial charge in [0.1, 0.15) is 18.3 Å². The average Bonchev–Trinajstić information content (AvgIpc) is 3.12. The number of aliphatic hydroxyl groups is 1. The summed E-state index contributed by atoms with van der Waals surface area (Å²) in [5.41, 5.74) is 3.16. The predicted octanol–water partition coefficient (Wildman–Crippen LogP) is 4.09. The topological polar surface area (TPSA) is 57.2 Å². The van der Waals surface area contributed by atoms with Gasteiger partial charge >= 0.3 is 0 Å². The molecule has 0 aromatic heterocycles. The van der Waals surface area contributed by atoms with Crippen molar-refractivity contribution >= 4 is 0 Å². The Kier molecular flexibility index (Phi) is 7.82. The Hall–Kier alpha value is -2.54. The molecule has 1 fully saturated rings. The first kappa shape index (κ1) is 21.7. The number of ether oxygens (including phenoxy) is 4. The number of benzene rings is 3. The second-order valence-electron chi connectivity index (χ2n) is 7.59. The van der Waals surface area contributed by atoms with Crippen molar-refractivity contribution in [2.24, 2.45) is 0 Å². The third kappa shape index (κ3) is 6.23. The van der Waals surface area contributed by atoms with Crippen molar-refractivity contribution in [1.29, 1.82) is 0 Å². The molecule has 0 bridgehead atoms. The van der Waals surface area contributed by atoms with Gasteiger partial charge in [0.2, 0.25) is 0 Å². The van der Waals surface area contributed by atoms with Crippen LogP contribution in [0.2, 0.25) is 0 Å². The van der Waals surface area contributed by atoms with Gasteiger partial charge in [0.05, 0.1) is 26.4 Å². The van der Waals surface area contributed by atoms with Crippen LogP contribution in [0, 0.1) is 0 Å². The SMILES string of the molecule is O[C@H]1OC(COCc2ccccc2)[C@@H](OCc2ccccc2)C1OCc1ccccc1. The lowest BCUT2D eigenvalue weighted by molar-refractivity contribution is -0.153. The van der Waals surface area contributed by atoms with Crippen LogP contribution in [0.25, 0.3) is 0 Å². The van der Waals surface area contributed by atoms with Gasteiger partial charge in [-0.05, 0) is 16.7 Å². The first-order chi connectivity index (χ1) is 15.3. The van der Waals surface area contributed by atoms with Crippen molar-refractivity contribution in [2.75, 3.05) is 6.61 Å². The highest BCUT2D eigenvalue weighted by Gasteiger charge is 2.45. The van der Waals surface area contributed by atoms with Crippen LogP contribution in [0.4, 0.5) is 0 Å². The molecule has 0 spiro atoms. The molecule has 4 rings (SSSR count). The van der Waals surface area contributed by atoms with Crippen molar-refractivity contribution < 1.29 is 24.1 Å². The van der Waals surface area contributed by atoms with E-state index in [0.717, 1.165) is 16.7 Å². The number of hydrogen-bond acceptors (Lipinski definition) is 5. The third-order valence-electron chi connectivity index (χ3n) is 5.25. The zero-order valence-corrected chi connectivity index (χ0v) is 17.4. The van der Waals surface area contributed by atoms with Gasteiger partial charge in [0, 0.05) is 0 Å². The van der Waals surface area contributed by atoms with Crippen molar-refractivity contribution in [3.05, 3.63) is 108 Å². The summed E-state index contributed by atoms with van der Waals surface area (Å²) < 4.78 is 23.9. The average molecular weight is 421 g/mol. The number of rotatable bonds is 10. The van der Waals surface area contributed by atoms with Crippen LogP contribution in [-0.2, 0) is 38.8 Å². The summed E-state index contributed by atoms with van der Waals surface area (Å²) in [5.74, 6) is 0. The maximum Gasteiger partial charge on any atom is 0.184 e. The largest absolute Gasteiger partial charge is 0.374 e. The number of aliphatic hydroxyl groups excluding tert-OH is 1. The lowest BCUT2D eigenvalue weighted by Gasteiger charge is -2.24. The lowest BCUT2D eigenvalue weighted by Crippen LogP contribution is -2.39. The summed E-state index contributed by atoms with van der Waals surface area (Å²) in [4.78, 5) is 0. The molecule has 4 atom stereocenters. The molecule has 31 heavy (non-hydrogen) atoms. The molecular weight excluding hydrogens is 392 g/mol. The van der Waals surface area contributed by atoms with Crippen molar-refractivity contribution in [2.45, 2.75) is 44.4 Å². The van der Waals surface area contributed by atoms with E-state index in [4.69, 9.17) is 18.9 Å². The highest BCUT2D eigenvalue weighted by atomic mass is 16.7. The van der Waals surface area contributed by atoms with Crippen LogP contribution in [0.15, 0.2) is 91.0 Å². The van der Waals surface area contributed by atoms with Gasteiger partial charge < -0.3 is 24.1 Å². The van der Waals surface area contributed by atoms with Crippen LogP contribution in [-0.4, -0.2) is 36.3 Å². The minimum absolute atomic E-state index is 0.302. The number of hydrogen-bond donors (Lipinski definition) is 1. The minimum atomic E-state index is -1.07. The van der Waals surface area contributed by atoms with E-state index >= 15 is 0 Å². The van der Waals surface area contributed by atoms with Crippen LogP contribution < -0.4 is 0 Å². The molecule has 5 nitrogen and oxygen atoms in total. The molecule has 3 aromatic rings. The Balaban J connectivity index is 1.39. The molecule has 5 heteroatoms. The molecule has 1 aliphatic heterocycles. The fourth-order valence-electron chi connectivity index (χ4n) is 3.62. The lowest BCUT2D eigenvalue weighted by atomic mass is 10.1. The molecular formula is C26H28O5. The summed E-state index contributed by atoms with van der Waals surface area (Å²) in [7, 11) is 0. The van der Waals surface area contributed by atoms with E-state index in [1.807, 2.05) is 91.0 Å². The molecule has 2 unspecified atom stereocenters. The summed E-state index contributed by atoms with van der Waals surface area (Å²) in [6.45, 7) is 1.55. The zero-order chi connectivity index (χ0) is 21.3. The Morgan fingerprint density at radius 2 is 1.06 bits per heavy atom. The smallest absolute Gasteiger partial charge is 0.184 e. The fourth-order valence-corrected chi connectivity index (χ4v) is 3.62. The molecule has 0 saturated carbocycles. The highest BCUT2D eigenvalue weighted by Crippen LogP contribution is 2.28. The molecule has 0 radical (unpaired) electrons. The molecule has 1 saturated heterocycles. The summed E-state index contributed by atoms with van der Waals surface area (Å²) >= 11 is 0. The summed E-state index contributed by atoms with van der Waals surface area (Å²) in [6, 6.07) is 29.8. The molecule has 0 amide bonds. The molecule has 0 aliphatic carbocycles. The monoisotopic (exact) mass is 420 g/mol. The van der Waals surface area contributed by atoms with Gasteiger partial charge in [-0.25, -0.2) is 0 Å². The Morgan fingerprint density at radius 3 is 1.58 bits per heavy atom. The Bertz CT molecular complexity index is 887. The Morgan fingerprint density at radius 1 is 0.613 bits per heavy atom. The first-order valence-corrected chi connectivity index (χ1v) is 10.6. The van der Waals surface area contributed by atoms with Crippen LogP contribution in [0.1, 0.15) is 16.7 Å². The van der Waals surface area contributed by atoms with Crippen molar-refractivity contribution in [1.82, 2.24) is 0 Å². The van der Waals surface area contributed by atoms with Crippen LogP contribution >= 0.6 is 0 Å². The molecule has 1 heterocycles. The molecule has 1 aliphatic rings. The normalized spacial score (nSPS) is 23.1.